The van der Waals surface area contributed by atoms with Gasteiger partial charge in [0.05, 0.1) is 0 Å². The van der Waals surface area contributed by atoms with Crippen LogP contribution < -0.4 is 0 Å². The standard InChI is InChI=1S/C12H27NSSi2/c1-8-12(2)10-9-11-13(15(3,4)5)16(6,7)14/h8,14H,1-2,9-11H2,3-7H3. The molecule has 0 atom stereocenters. The molecule has 0 amide bonds. The van der Waals surface area contributed by atoms with Crippen LogP contribution in [0.4, 0.5) is 0 Å². The summed E-state index contributed by atoms with van der Waals surface area (Å²) >= 11 is 4.85. The lowest BCUT2D eigenvalue weighted by atomic mass is 10.2. The van der Waals surface area contributed by atoms with Crippen LogP contribution in [0.1, 0.15) is 12.8 Å². The van der Waals surface area contributed by atoms with Crippen LogP contribution >= 0.6 is 12.1 Å². The van der Waals surface area contributed by atoms with E-state index in [4.69, 9.17) is 12.1 Å². The van der Waals surface area contributed by atoms with Crippen molar-refractivity contribution in [3.8, 4) is 0 Å². The molecule has 0 N–H and O–H groups in total. The van der Waals surface area contributed by atoms with E-state index in [1.165, 1.54) is 6.42 Å². The van der Waals surface area contributed by atoms with Crippen molar-refractivity contribution in [3.63, 3.8) is 0 Å². The molecule has 0 fully saturated rings. The quantitative estimate of drug-likeness (QED) is 0.412. The molecule has 16 heavy (non-hydrogen) atoms. The number of nitrogens with zero attached hydrogens (tertiary/aromatic N) is 1. The Labute approximate surface area is 109 Å². The molecule has 0 heterocycles. The predicted molar refractivity (Wildman–Crippen MR) is 85.1 cm³/mol. The third kappa shape index (κ3) is 6.08. The molecule has 0 aliphatic carbocycles. The molecule has 0 saturated carbocycles. The molecule has 94 valence electrons. The van der Waals surface area contributed by atoms with Crippen molar-refractivity contribution >= 4 is 27.7 Å². The van der Waals surface area contributed by atoms with Gasteiger partial charge in [-0.05, 0) is 32.5 Å². The lowest BCUT2D eigenvalue weighted by molar-refractivity contribution is 0.591. The van der Waals surface area contributed by atoms with Crippen molar-refractivity contribution in [3.05, 3.63) is 24.8 Å². The molecule has 0 aliphatic rings. The molecule has 0 saturated heterocycles. The van der Waals surface area contributed by atoms with Crippen molar-refractivity contribution in [1.82, 2.24) is 4.23 Å². The summed E-state index contributed by atoms with van der Waals surface area (Å²) in [5.41, 5.74) is 1.15. The molecular weight excluding hydrogens is 246 g/mol. The largest absolute Gasteiger partial charge is 0.338 e. The molecule has 0 aliphatic heterocycles. The molecular formula is C12H27NSSi2. The summed E-state index contributed by atoms with van der Waals surface area (Å²) in [5, 5.41) is 0. The first-order valence-corrected chi connectivity index (χ1v) is 13.6. The van der Waals surface area contributed by atoms with Crippen LogP contribution in [0, 0.1) is 0 Å². The second kappa shape index (κ2) is 6.24. The summed E-state index contributed by atoms with van der Waals surface area (Å²) in [5.74, 6) is 0. The number of hydrogen-bond acceptors (Lipinski definition) is 2. The molecule has 0 spiro atoms. The average Bonchev–Trinajstić information content (AvgIpc) is 2.07. The summed E-state index contributed by atoms with van der Waals surface area (Å²) < 4.78 is 2.69. The second-order valence-corrected chi connectivity index (χ2v) is 17.9. The molecule has 0 rings (SSSR count). The van der Waals surface area contributed by atoms with Crippen LogP contribution in [-0.2, 0) is 0 Å². The molecule has 1 nitrogen and oxygen atoms in total. The Kier molecular flexibility index (Phi) is 6.32. The van der Waals surface area contributed by atoms with Crippen molar-refractivity contribution in [1.29, 1.82) is 0 Å². The van der Waals surface area contributed by atoms with Gasteiger partial charge >= 0.3 is 0 Å². The van der Waals surface area contributed by atoms with E-state index in [1.54, 1.807) is 0 Å². The van der Waals surface area contributed by atoms with Gasteiger partial charge in [0, 0.05) is 0 Å². The Morgan fingerprint density at radius 1 is 1.25 bits per heavy atom. The van der Waals surface area contributed by atoms with Gasteiger partial charge in [-0.2, -0.15) is 12.1 Å². The molecule has 0 aromatic rings. The van der Waals surface area contributed by atoms with Gasteiger partial charge in [-0.25, -0.2) is 0 Å². The Morgan fingerprint density at radius 3 is 2.06 bits per heavy atom. The zero-order chi connectivity index (χ0) is 13.0. The van der Waals surface area contributed by atoms with Crippen LogP contribution in [-0.4, -0.2) is 26.4 Å². The summed E-state index contributed by atoms with van der Waals surface area (Å²) in [6, 6.07) is 0. The smallest absolute Gasteiger partial charge is 0.174 e. The number of thiol groups is 1. The monoisotopic (exact) mass is 273 g/mol. The van der Waals surface area contributed by atoms with Crippen molar-refractivity contribution in [2.24, 2.45) is 0 Å². The minimum Gasteiger partial charge on any atom is -0.338 e. The zero-order valence-electron chi connectivity index (χ0n) is 11.5. The maximum atomic E-state index is 4.85. The first-order chi connectivity index (χ1) is 7.09. The number of rotatable bonds is 7. The number of allylic oxidation sites excluding steroid dienone is 2. The Balaban J connectivity index is 4.37. The van der Waals surface area contributed by atoms with Gasteiger partial charge in [-0.3, -0.25) is 0 Å². The first-order valence-electron chi connectivity index (χ1n) is 5.89. The van der Waals surface area contributed by atoms with Gasteiger partial charge in [0.25, 0.3) is 0 Å². The maximum absolute atomic E-state index is 4.85. The Bertz CT molecular complexity index is 237. The summed E-state index contributed by atoms with van der Waals surface area (Å²) in [6.45, 7) is 20.7. The predicted octanol–water partition coefficient (Wildman–Crippen LogP) is 4.28. The van der Waals surface area contributed by atoms with Crippen molar-refractivity contribution in [2.75, 3.05) is 6.54 Å². The highest BCUT2D eigenvalue weighted by Crippen LogP contribution is 2.23. The van der Waals surface area contributed by atoms with Crippen LogP contribution in [0.2, 0.25) is 32.7 Å². The molecule has 4 heteroatoms. The maximum Gasteiger partial charge on any atom is 0.174 e. The summed E-state index contributed by atoms with van der Waals surface area (Å²) in [4.78, 5) is 0. The van der Waals surface area contributed by atoms with E-state index >= 15 is 0 Å². The van der Waals surface area contributed by atoms with Gasteiger partial charge < -0.3 is 4.23 Å². The minimum atomic E-state index is -1.47. The van der Waals surface area contributed by atoms with E-state index in [9.17, 15) is 0 Å². The van der Waals surface area contributed by atoms with E-state index in [0.717, 1.165) is 18.5 Å². The van der Waals surface area contributed by atoms with E-state index in [2.05, 4.69) is 50.1 Å². The SMILES string of the molecule is C=CC(=C)CCCN([Si](C)(C)C)[Si](C)(C)S. The third-order valence-corrected chi connectivity index (χ3v) is 11.0. The fraction of sp³-hybridized carbons (Fsp3) is 0.667. The van der Waals surface area contributed by atoms with E-state index in [0.29, 0.717) is 0 Å². The molecule has 0 radical (unpaired) electrons. The van der Waals surface area contributed by atoms with Crippen LogP contribution in [0.15, 0.2) is 24.8 Å². The minimum absolute atomic E-state index is 1.06. The fourth-order valence-corrected chi connectivity index (χ4v) is 13.1. The van der Waals surface area contributed by atoms with Gasteiger partial charge in [-0.15, -0.1) is 0 Å². The highest BCUT2D eigenvalue weighted by molar-refractivity contribution is 8.14. The Hall–Kier alpha value is 0.224. The molecule has 0 unspecified atom stereocenters. The molecule has 0 aromatic heterocycles. The van der Waals surface area contributed by atoms with Crippen molar-refractivity contribution in [2.45, 2.75) is 45.6 Å². The van der Waals surface area contributed by atoms with Crippen molar-refractivity contribution < 1.29 is 0 Å². The lowest BCUT2D eigenvalue weighted by Crippen LogP contribution is -2.58. The number of hydrogen-bond donors (Lipinski definition) is 1. The van der Waals surface area contributed by atoms with E-state index in [-0.39, 0.29) is 0 Å². The van der Waals surface area contributed by atoms with Gasteiger partial charge in [0.2, 0.25) is 0 Å². The second-order valence-electron chi connectivity index (χ2n) is 5.78. The van der Waals surface area contributed by atoms with Crippen LogP contribution in [0.5, 0.6) is 0 Å². The van der Waals surface area contributed by atoms with E-state index < -0.39 is 15.6 Å². The highest BCUT2D eigenvalue weighted by Gasteiger charge is 2.34. The third-order valence-electron chi connectivity index (χ3n) is 2.64. The van der Waals surface area contributed by atoms with E-state index in [1.807, 2.05) is 6.08 Å². The Morgan fingerprint density at radius 2 is 1.75 bits per heavy atom. The average molecular weight is 274 g/mol. The first kappa shape index (κ1) is 16.2. The fourth-order valence-electron chi connectivity index (χ4n) is 2.00. The van der Waals surface area contributed by atoms with Crippen LogP contribution in [0.3, 0.4) is 0 Å². The highest BCUT2D eigenvalue weighted by atomic mass is 32.3. The van der Waals surface area contributed by atoms with Crippen LogP contribution in [0.25, 0.3) is 0 Å². The van der Waals surface area contributed by atoms with Gasteiger partial charge in [-0.1, -0.05) is 44.4 Å². The van der Waals surface area contributed by atoms with Gasteiger partial charge in [0.1, 0.15) is 8.24 Å². The normalized spacial score (nSPS) is 12.9. The lowest BCUT2D eigenvalue weighted by Gasteiger charge is -2.42. The molecule has 0 bridgehead atoms. The molecule has 0 aromatic carbocycles. The van der Waals surface area contributed by atoms with Gasteiger partial charge in [0.15, 0.2) is 7.38 Å². The topological polar surface area (TPSA) is 3.24 Å². The summed E-state index contributed by atoms with van der Waals surface area (Å²) in [7, 11) is -2.71. The summed E-state index contributed by atoms with van der Waals surface area (Å²) in [6.07, 6.45) is 4.09. The zero-order valence-corrected chi connectivity index (χ0v) is 14.4.